The summed E-state index contributed by atoms with van der Waals surface area (Å²) in [5.74, 6) is -3.76. The highest BCUT2D eigenvalue weighted by molar-refractivity contribution is 6.03. The number of hydrogen-bond donors (Lipinski definition) is 5. The van der Waals surface area contributed by atoms with Crippen LogP contribution in [0.25, 0.3) is 33.3 Å². The lowest BCUT2D eigenvalue weighted by atomic mass is 9.84. The Labute approximate surface area is 418 Å². The maximum absolute atomic E-state index is 14.8. The highest BCUT2D eigenvalue weighted by atomic mass is 16.5. The number of fused-ring (bicyclic) bond motifs is 6. The van der Waals surface area contributed by atoms with Crippen molar-refractivity contribution in [2.45, 2.75) is 104 Å². The van der Waals surface area contributed by atoms with Gasteiger partial charge in [0.15, 0.2) is 0 Å². The fraction of sp³-hybridized carbons (Fsp3) is 0.434. The Hall–Kier alpha value is -7.22. The molecule has 0 unspecified atom stereocenters. The molecule has 2 saturated heterocycles. The lowest BCUT2D eigenvalue weighted by Gasteiger charge is -2.36. The molecule has 5 N–H and O–H groups in total. The average Bonchev–Trinajstić information content (AvgIpc) is 4.12. The number of phenols is 1. The quantitative estimate of drug-likeness (QED) is 0.0852. The molecule has 2 aromatic carbocycles. The normalized spacial score (nSPS) is 20.3. The minimum absolute atomic E-state index is 0.00921. The number of anilines is 1. The molecule has 4 amide bonds. The molecule has 19 nitrogen and oxygen atoms in total. The minimum Gasteiger partial charge on any atom is -0.508 e. The number of rotatable bonds is 12. The van der Waals surface area contributed by atoms with Gasteiger partial charge in [-0.2, -0.15) is 0 Å². The number of cyclic esters (lactones) is 1. The predicted molar refractivity (Wildman–Crippen MR) is 267 cm³/mol. The van der Waals surface area contributed by atoms with Crippen molar-refractivity contribution in [3.63, 3.8) is 0 Å². The van der Waals surface area contributed by atoms with Gasteiger partial charge in [-0.3, -0.25) is 44.1 Å². The number of amides is 4. The van der Waals surface area contributed by atoms with Crippen molar-refractivity contribution in [1.82, 2.24) is 40.5 Å². The van der Waals surface area contributed by atoms with E-state index in [4.69, 9.17) is 9.47 Å². The van der Waals surface area contributed by atoms with Crippen molar-refractivity contribution < 1.29 is 48.1 Å². The Kier molecular flexibility index (Phi) is 15.1. The first-order valence-electron chi connectivity index (χ1n) is 24.2. The molecule has 3 aliphatic heterocycles. The van der Waals surface area contributed by atoms with E-state index < -0.39 is 77.1 Å². The number of nitrogens with zero attached hydrogens (tertiary/aromatic N) is 5. The van der Waals surface area contributed by atoms with E-state index in [1.54, 1.807) is 39.3 Å². The first kappa shape index (κ1) is 51.1. The summed E-state index contributed by atoms with van der Waals surface area (Å²) >= 11 is 0. The van der Waals surface area contributed by atoms with Crippen LogP contribution in [0.1, 0.15) is 74.6 Å². The Bertz CT molecular complexity index is 2900. The van der Waals surface area contributed by atoms with Gasteiger partial charge in [-0.1, -0.05) is 39.8 Å². The van der Waals surface area contributed by atoms with Crippen LogP contribution in [-0.4, -0.2) is 130 Å². The highest BCUT2D eigenvalue weighted by Gasteiger charge is 2.48. The number of aryl methyl sites for hydroxylation is 1. The lowest BCUT2D eigenvalue weighted by molar-refractivity contribution is -0.155. The Morgan fingerprint density at radius 1 is 1.01 bits per heavy atom. The molecule has 6 heterocycles. The number of hydrazine groups is 1. The van der Waals surface area contributed by atoms with E-state index in [0.29, 0.717) is 43.5 Å². The van der Waals surface area contributed by atoms with Crippen LogP contribution in [0.2, 0.25) is 0 Å². The zero-order valence-corrected chi connectivity index (χ0v) is 41.9. The molecule has 2 fully saturated rings. The molecule has 6 bridgehead atoms. The zero-order valence-electron chi connectivity index (χ0n) is 41.9. The van der Waals surface area contributed by atoms with E-state index in [1.165, 1.54) is 42.4 Å². The van der Waals surface area contributed by atoms with Gasteiger partial charge in [0.1, 0.15) is 41.7 Å². The average molecular weight is 986 g/mol. The SMILES string of the molecule is CCn1c(-c2cnccc2COC)c2c3cc(ccc31)-c1cc(O)cc(c1)C[C@H](NC(=O)[C@H](C(C)C)N(C)C(=O)c1ccc(NC(=O)[C@H]3N[C@H]3C(=O)OC)cn1)C(=O)N1CCC[C@H](N1)C(=O)OCC(C)(C)C2. The van der Waals surface area contributed by atoms with Crippen LogP contribution in [0.4, 0.5) is 5.69 Å². The van der Waals surface area contributed by atoms with Gasteiger partial charge in [0.25, 0.3) is 11.8 Å². The molecule has 380 valence electrons. The molecule has 5 atom stereocenters. The number of likely N-dealkylation sites (N-methyl/N-ethyl adjacent to an activating group) is 1. The topological polar surface area (TPSA) is 246 Å². The molecule has 8 rings (SSSR count). The van der Waals surface area contributed by atoms with E-state index in [9.17, 15) is 33.9 Å². The van der Waals surface area contributed by atoms with Crippen LogP contribution >= 0.6 is 0 Å². The van der Waals surface area contributed by atoms with Crippen molar-refractivity contribution in [2.75, 3.05) is 39.7 Å². The number of aromatic nitrogens is 3. The molecule has 72 heavy (non-hydrogen) atoms. The molecule has 19 heteroatoms. The smallest absolute Gasteiger partial charge is 0.325 e. The number of carbonyl (C=O) groups excluding carboxylic acids is 6. The van der Waals surface area contributed by atoms with Gasteiger partial charge in [0.05, 0.1) is 37.9 Å². The minimum atomic E-state index is -1.23. The van der Waals surface area contributed by atoms with E-state index >= 15 is 0 Å². The Morgan fingerprint density at radius 2 is 1.81 bits per heavy atom. The molecular formula is C53H63N9O10. The van der Waals surface area contributed by atoms with Crippen molar-refractivity contribution in [1.29, 1.82) is 0 Å². The van der Waals surface area contributed by atoms with Gasteiger partial charge in [0, 0.05) is 67.9 Å². The number of carbonyl (C=O) groups is 6. The van der Waals surface area contributed by atoms with Gasteiger partial charge >= 0.3 is 11.9 Å². The third kappa shape index (κ3) is 10.8. The monoisotopic (exact) mass is 985 g/mol. The van der Waals surface area contributed by atoms with Crippen LogP contribution in [0.5, 0.6) is 5.75 Å². The number of ether oxygens (including phenoxy) is 3. The summed E-state index contributed by atoms with van der Waals surface area (Å²) < 4.78 is 18.7. The van der Waals surface area contributed by atoms with Gasteiger partial charge in [-0.15, -0.1) is 0 Å². The van der Waals surface area contributed by atoms with Crippen molar-refractivity contribution in [2.24, 2.45) is 11.3 Å². The van der Waals surface area contributed by atoms with Crippen molar-refractivity contribution in [3.05, 3.63) is 95.6 Å². The molecule has 3 aliphatic rings. The van der Waals surface area contributed by atoms with Crippen LogP contribution in [-0.2, 0) is 64.2 Å². The van der Waals surface area contributed by atoms with Crippen molar-refractivity contribution in [3.8, 4) is 28.1 Å². The summed E-state index contributed by atoms with van der Waals surface area (Å²) in [7, 11) is 4.37. The largest absolute Gasteiger partial charge is 0.508 e. The van der Waals surface area contributed by atoms with E-state index in [2.05, 4.69) is 73.6 Å². The Morgan fingerprint density at radius 3 is 2.51 bits per heavy atom. The predicted octanol–water partition coefficient (Wildman–Crippen LogP) is 4.53. The second-order valence-corrected chi connectivity index (χ2v) is 19.9. The summed E-state index contributed by atoms with van der Waals surface area (Å²) in [5, 5.41) is 22.0. The maximum Gasteiger partial charge on any atom is 0.325 e. The van der Waals surface area contributed by atoms with E-state index in [1.807, 2.05) is 24.4 Å². The zero-order chi connectivity index (χ0) is 51.6. The second kappa shape index (κ2) is 21.2. The van der Waals surface area contributed by atoms with Gasteiger partial charge < -0.3 is 39.4 Å². The lowest BCUT2D eigenvalue weighted by Crippen LogP contribution is -2.62. The summed E-state index contributed by atoms with van der Waals surface area (Å²) in [6.45, 7) is 11.1. The van der Waals surface area contributed by atoms with Crippen molar-refractivity contribution >= 4 is 52.2 Å². The molecule has 5 aromatic rings. The third-order valence-corrected chi connectivity index (χ3v) is 13.5. The van der Waals surface area contributed by atoms with Crippen LogP contribution < -0.4 is 21.4 Å². The summed E-state index contributed by atoms with van der Waals surface area (Å²) in [6, 6.07) is 11.5. The van der Waals surface area contributed by atoms with Gasteiger partial charge in [-0.05, 0) is 102 Å². The fourth-order valence-corrected chi connectivity index (χ4v) is 9.93. The second-order valence-electron chi connectivity index (χ2n) is 19.9. The number of nitrogens with one attached hydrogen (secondary N) is 4. The number of benzene rings is 2. The molecule has 0 radical (unpaired) electrons. The number of aromatic hydroxyl groups is 1. The fourth-order valence-electron chi connectivity index (χ4n) is 9.93. The molecular weight excluding hydrogens is 923 g/mol. The number of phenolic OH excluding ortho intramolecular Hbond substituents is 1. The maximum atomic E-state index is 14.8. The first-order chi connectivity index (χ1) is 34.4. The summed E-state index contributed by atoms with van der Waals surface area (Å²) in [4.78, 5) is 91.8. The number of pyridine rings is 2. The summed E-state index contributed by atoms with van der Waals surface area (Å²) in [6.07, 6.45) is 6.27. The van der Waals surface area contributed by atoms with Gasteiger partial charge in [-0.25, -0.2) is 10.4 Å². The number of hydrogen-bond acceptors (Lipinski definition) is 14. The summed E-state index contributed by atoms with van der Waals surface area (Å²) in [5.41, 5.74) is 9.77. The highest BCUT2D eigenvalue weighted by Crippen LogP contribution is 2.41. The molecule has 3 aromatic heterocycles. The molecule has 0 aliphatic carbocycles. The van der Waals surface area contributed by atoms with Crippen LogP contribution in [0.15, 0.2) is 73.2 Å². The van der Waals surface area contributed by atoms with Crippen LogP contribution in [0.3, 0.4) is 0 Å². The first-order valence-corrected chi connectivity index (χ1v) is 24.2. The van der Waals surface area contributed by atoms with Crippen LogP contribution in [0, 0.1) is 11.3 Å². The molecule has 0 spiro atoms. The number of esters is 2. The van der Waals surface area contributed by atoms with E-state index in [-0.39, 0.29) is 36.7 Å². The number of methoxy groups -OCH3 is 2. The van der Waals surface area contributed by atoms with Gasteiger partial charge in [0.2, 0.25) is 11.8 Å². The third-order valence-electron chi connectivity index (χ3n) is 13.5. The van der Waals surface area contributed by atoms with E-state index in [0.717, 1.165) is 38.9 Å². The Balaban J connectivity index is 1.13. The molecule has 0 saturated carbocycles. The standard InChI is InChI=1S/C53H63N9O10/c1-9-61-42-15-12-31-23-36(42)37(46(61)38-26-54-17-16-32(38)27-70-7)24-53(4,5)28-72-51(68)40-11-10-18-62(59-40)50(67)41(21-30-19-33(31)22-35(63)20-30)57-48(65)45(29(2)3)60(6)49(66)39-14-13-34(25-55-39)56-47(64)43-44(58-43)52(69)71-8/h12-17,19-20,22-23,25-26,29,40-41,43-45,58-59,63H,9-11,18,21,24,27-28H2,1-8H3,(H,56,64)(H,57,65)/t40-,41-,43-,44+,45-/m0/s1.